The number of carbonyl (C=O) groups excluding carboxylic acids is 1. The van der Waals surface area contributed by atoms with Crippen LogP contribution in [-0.4, -0.2) is 47.0 Å². The molecular formula is C37H66O5Si2. The monoisotopic (exact) mass is 646 g/mol. The number of methoxy groups -OCH3 is 1. The number of benzene rings is 1. The minimum absolute atomic E-state index is 0.0155. The second kappa shape index (κ2) is 16.5. The third-order valence-electron chi connectivity index (χ3n) is 10.6. The number of unbranched alkanes of at least 4 members (excludes halogenated alkanes) is 3. The number of hydrogen-bond acceptors (Lipinski definition) is 5. The molecule has 7 heteroatoms. The third-order valence-corrected chi connectivity index (χ3v) is 19.6. The Balaban J connectivity index is 2.37. The zero-order chi connectivity index (χ0) is 33.3. The van der Waals surface area contributed by atoms with E-state index in [1.165, 1.54) is 37.5 Å². The first kappa shape index (κ1) is 38.9. The molecule has 0 aromatic heterocycles. The topological polar surface area (TPSA) is 65.0 Å². The molecule has 0 radical (unpaired) electrons. The lowest BCUT2D eigenvalue weighted by atomic mass is 9.84. The van der Waals surface area contributed by atoms with Gasteiger partial charge in [0.2, 0.25) is 0 Å². The number of carbonyl (C=O) groups is 1. The molecule has 1 aliphatic carbocycles. The summed E-state index contributed by atoms with van der Waals surface area (Å²) in [6, 6.07) is 9.14. The average Bonchev–Trinajstić information content (AvgIpc) is 3.22. The summed E-state index contributed by atoms with van der Waals surface area (Å²) in [5.41, 5.74) is 2.51. The zero-order valence-electron chi connectivity index (χ0n) is 30.3. The lowest BCUT2D eigenvalue weighted by molar-refractivity contribution is -0.140. The van der Waals surface area contributed by atoms with Crippen molar-refractivity contribution >= 4 is 22.6 Å². The Morgan fingerprint density at radius 1 is 0.955 bits per heavy atom. The number of aliphatic hydroxyl groups is 1. The van der Waals surface area contributed by atoms with Crippen molar-refractivity contribution in [3.8, 4) is 0 Å². The van der Waals surface area contributed by atoms with Gasteiger partial charge in [0.05, 0.1) is 25.4 Å². The van der Waals surface area contributed by atoms with E-state index in [4.69, 9.17) is 13.6 Å². The average molecular weight is 647 g/mol. The van der Waals surface area contributed by atoms with Crippen LogP contribution in [0.1, 0.15) is 129 Å². The van der Waals surface area contributed by atoms with Crippen molar-refractivity contribution in [3.63, 3.8) is 0 Å². The molecule has 2 rings (SSSR count). The van der Waals surface area contributed by atoms with E-state index in [1.54, 1.807) is 0 Å². The molecular weight excluding hydrogens is 581 g/mol. The van der Waals surface area contributed by atoms with Crippen LogP contribution in [0, 0.1) is 5.92 Å². The molecule has 1 aromatic rings. The molecule has 0 saturated heterocycles. The van der Waals surface area contributed by atoms with Crippen LogP contribution in [0.5, 0.6) is 0 Å². The number of aliphatic hydroxyl groups excluding tert-OH is 1. The van der Waals surface area contributed by atoms with E-state index in [-0.39, 0.29) is 40.1 Å². The Hall–Kier alpha value is -1.26. The van der Waals surface area contributed by atoms with Crippen molar-refractivity contribution in [2.45, 2.75) is 167 Å². The smallest absolute Gasteiger partial charge is 0.305 e. The molecule has 1 fully saturated rings. The van der Waals surface area contributed by atoms with Crippen molar-refractivity contribution in [2.75, 3.05) is 7.11 Å². The highest BCUT2D eigenvalue weighted by Crippen LogP contribution is 2.48. The zero-order valence-corrected chi connectivity index (χ0v) is 32.3. The molecule has 5 atom stereocenters. The Bertz CT molecular complexity index is 1040. The summed E-state index contributed by atoms with van der Waals surface area (Å²) < 4.78 is 18.8. The first-order valence-corrected chi connectivity index (χ1v) is 23.0. The van der Waals surface area contributed by atoms with E-state index in [9.17, 15) is 9.90 Å². The summed E-state index contributed by atoms with van der Waals surface area (Å²) in [6.07, 6.45) is 12.1. The van der Waals surface area contributed by atoms with Crippen LogP contribution in [0.3, 0.4) is 0 Å². The van der Waals surface area contributed by atoms with E-state index < -0.39 is 22.7 Å². The summed E-state index contributed by atoms with van der Waals surface area (Å²) in [4.78, 5) is 11.5. The van der Waals surface area contributed by atoms with E-state index >= 15 is 0 Å². The van der Waals surface area contributed by atoms with Crippen molar-refractivity contribution in [1.82, 2.24) is 0 Å². The summed E-state index contributed by atoms with van der Waals surface area (Å²) in [5, 5.41) is 11.6. The fourth-order valence-corrected chi connectivity index (χ4v) is 8.36. The number of ether oxygens (including phenoxy) is 1. The van der Waals surface area contributed by atoms with Crippen LogP contribution in [0.2, 0.25) is 36.3 Å². The van der Waals surface area contributed by atoms with Gasteiger partial charge in [-0.1, -0.05) is 104 Å². The minimum Gasteiger partial charge on any atom is -0.469 e. The molecule has 0 heterocycles. The predicted octanol–water partition coefficient (Wildman–Crippen LogP) is 10.5. The molecule has 1 saturated carbocycles. The Kier molecular flexibility index (Phi) is 14.6. The second-order valence-electron chi connectivity index (χ2n) is 16.1. The van der Waals surface area contributed by atoms with Gasteiger partial charge in [0, 0.05) is 12.3 Å². The molecule has 0 bridgehead atoms. The normalized spacial score (nSPS) is 22.5. The largest absolute Gasteiger partial charge is 0.469 e. The SMILES string of the molecule is CCCCCC(O[Si](C)(C)C(C)(C)C)c1ccc([C@@H]2C(C/C=C\CCCC(=O)OC)[C@@H](O)C[C@H]2O[Si](C)(C)C(C)(C)C)cc1. The maximum Gasteiger partial charge on any atom is 0.305 e. The molecule has 5 nitrogen and oxygen atoms in total. The standard InChI is InChI=1S/C37H66O5Si2/c1-13-14-17-21-32(41-43(9,10)36(2,3)4)28-23-25-29(26-24-28)35-30(20-18-15-16-19-22-34(39)40-8)31(38)27-33(35)42-44(11,12)37(5,6)7/h15,18,23-26,30-33,35,38H,13-14,16-17,19-22,27H2,1-12H3/b18-15-/t30?,31-,32?,33+,35+/m0/s1. The Morgan fingerprint density at radius 2 is 1.57 bits per heavy atom. The van der Waals surface area contributed by atoms with Crippen molar-refractivity contribution in [2.24, 2.45) is 5.92 Å². The lowest BCUT2D eigenvalue weighted by Crippen LogP contribution is -2.44. The molecule has 2 unspecified atom stereocenters. The molecule has 1 N–H and O–H groups in total. The van der Waals surface area contributed by atoms with Gasteiger partial charge in [-0.2, -0.15) is 0 Å². The van der Waals surface area contributed by atoms with Crippen LogP contribution in [0.25, 0.3) is 0 Å². The molecule has 44 heavy (non-hydrogen) atoms. The van der Waals surface area contributed by atoms with Crippen LogP contribution in [-0.2, 0) is 18.4 Å². The summed E-state index contributed by atoms with van der Waals surface area (Å²) in [5.74, 6) is 0.0325. The molecule has 1 aliphatic rings. The number of hydrogen-bond donors (Lipinski definition) is 1. The lowest BCUT2D eigenvalue weighted by Gasteiger charge is -2.40. The van der Waals surface area contributed by atoms with Gasteiger partial charge in [-0.25, -0.2) is 0 Å². The Morgan fingerprint density at radius 3 is 2.11 bits per heavy atom. The molecule has 252 valence electrons. The van der Waals surface area contributed by atoms with Crippen molar-refractivity contribution in [3.05, 3.63) is 47.5 Å². The van der Waals surface area contributed by atoms with Crippen LogP contribution < -0.4 is 0 Å². The van der Waals surface area contributed by atoms with Gasteiger partial charge in [-0.3, -0.25) is 4.79 Å². The maximum atomic E-state index is 11.5. The third kappa shape index (κ3) is 10.9. The van der Waals surface area contributed by atoms with Crippen LogP contribution in [0.4, 0.5) is 0 Å². The quantitative estimate of drug-likeness (QED) is 0.0838. The van der Waals surface area contributed by atoms with Gasteiger partial charge in [-0.05, 0) is 85.4 Å². The van der Waals surface area contributed by atoms with E-state index in [0.29, 0.717) is 12.8 Å². The highest BCUT2D eigenvalue weighted by molar-refractivity contribution is 6.74. The molecule has 0 amide bonds. The van der Waals surface area contributed by atoms with Gasteiger partial charge in [0.25, 0.3) is 0 Å². The van der Waals surface area contributed by atoms with Crippen LogP contribution >= 0.6 is 0 Å². The van der Waals surface area contributed by atoms with Gasteiger partial charge < -0.3 is 18.7 Å². The first-order valence-electron chi connectivity index (χ1n) is 17.2. The highest BCUT2D eigenvalue weighted by Gasteiger charge is 2.48. The Labute approximate surface area is 272 Å². The van der Waals surface area contributed by atoms with Gasteiger partial charge in [0.15, 0.2) is 16.6 Å². The highest BCUT2D eigenvalue weighted by atomic mass is 28.4. The van der Waals surface area contributed by atoms with Gasteiger partial charge in [-0.15, -0.1) is 0 Å². The molecule has 0 spiro atoms. The fraction of sp³-hybridized carbons (Fsp3) is 0.757. The summed E-state index contributed by atoms with van der Waals surface area (Å²) >= 11 is 0. The van der Waals surface area contributed by atoms with Gasteiger partial charge >= 0.3 is 5.97 Å². The number of allylic oxidation sites excluding steroid dienone is 2. The predicted molar refractivity (Wildman–Crippen MR) is 190 cm³/mol. The van der Waals surface area contributed by atoms with Gasteiger partial charge in [0.1, 0.15) is 0 Å². The maximum absolute atomic E-state index is 11.5. The fourth-order valence-electron chi connectivity index (χ4n) is 5.69. The number of esters is 1. The van der Waals surface area contributed by atoms with Crippen molar-refractivity contribution in [1.29, 1.82) is 0 Å². The van der Waals surface area contributed by atoms with E-state index in [0.717, 1.165) is 25.7 Å². The van der Waals surface area contributed by atoms with E-state index in [1.807, 2.05) is 0 Å². The molecule has 1 aromatic carbocycles. The van der Waals surface area contributed by atoms with Crippen molar-refractivity contribution < 1.29 is 23.5 Å². The summed E-state index contributed by atoms with van der Waals surface area (Å²) in [6.45, 7) is 25.4. The first-order chi connectivity index (χ1) is 20.3. The summed E-state index contributed by atoms with van der Waals surface area (Å²) in [7, 11) is -2.56. The molecule has 0 aliphatic heterocycles. The van der Waals surface area contributed by atoms with E-state index in [2.05, 4.69) is 111 Å². The second-order valence-corrected chi connectivity index (χ2v) is 25.6. The minimum atomic E-state index is -2.05. The number of rotatable bonds is 16. The van der Waals surface area contributed by atoms with Crippen LogP contribution in [0.15, 0.2) is 36.4 Å².